The van der Waals surface area contributed by atoms with Crippen molar-refractivity contribution in [3.8, 4) is 34.6 Å². The summed E-state index contributed by atoms with van der Waals surface area (Å²) < 4.78 is 6.23. The van der Waals surface area contributed by atoms with E-state index < -0.39 is 5.41 Å². The summed E-state index contributed by atoms with van der Waals surface area (Å²) >= 11 is 0. The van der Waals surface area contributed by atoms with Crippen LogP contribution in [0.4, 0.5) is 17.1 Å². The molecule has 1 spiro atoms. The van der Waals surface area contributed by atoms with E-state index in [0.29, 0.717) is 11.5 Å². The van der Waals surface area contributed by atoms with Gasteiger partial charge in [0.15, 0.2) is 0 Å². The van der Waals surface area contributed by atoms with Crippen molar-refractivity contribution in [3.05, 3.63) is 202 Å². The van der Waals surface area contributed by atoms with E-state index in [2.05, 4.69) is 163 Å². The number of furan rings is 1. The first-order chi connectivity index (χ1) is 25.2. The zero-order valence-corrected chi connectivity index (χ0v) is 27.5. The average Bonchev–Trinajstić information content (AvgIpc) is 3.74. The Labute approximate surface area is 296 Å². The molecule has 0 aliphatic heterocycles. The molecule has 2 aliphatic rings. The molecule has 0 bridgehead atoms. The monoisotopic (exact) mass is 651 g/mol. The van der Waals surface area contributed by atoms with Gasteiger partial charge in [-0.2, -0.15) is 10.5 Å². The van der Waals surface area contributed by atoms with E-state index in [1.807, 2.05) is 18.2 Å². The molecule has 0 unspecified atom stereocenters. The van der Waals surface area contributed by atoms with Gasteiger partial charge in [0.25, 0.3) is 0 Å². The van der Waals surface area contributed by atoms with Crippen LogP contribution in [-0.2, 0) is 5.41 Å². The third-order valence-electron chi connectivity index (χ3n) is 10.0. The van der Waals surface area contributed by atoms with Crippen molar-refractivity contribution in [2.45, 2.75) is 5.41 Å². The van der Waals surface area contributed by atoms with Gasteiger partial charge >= 0.3 is 0 Å². The summed E-state index contributed by atoms with van der Waals surface area (Å²) in [6.07, 6.45) is 5.94. The zero-order valence-electron chi connectivity index (χ0n) is 27.5. The summed E-state index contributed by atoms with van der Waals surface area (Å²) in [6.45, 7) is 0. The van der Waals surface area contributed by atoms with Crippen LogP contribution in [0.15, 0.2) is 168 Å². The van der Waals surface area contributed by atoms with E-state index >= 15 is 0 Å². The molecule has 4 nitrogen and oxygen atoms in total. The molecule has 9 rings (SSSR count). The molecule has 0 radical (unpaired) electrons. The van der Waals surface area contributed by atoms with E-state index in [4.69, 9.17) is 4.42 Å². The predicted molar refractivity (Wildman–Crippen MR) is 204 cm³/mol. The standard InChI is InChI=1S/C47H29N3O/c48-30-32(31-49)27-39-25-26-46(51-39)35-22-21-33-19-20-34-23-24-38(50(36-11-3-1-4-12-36)37-13-5-2-6-14-37)29-45(34)47(44(33)28-35)42-17-9-7-15-40(42)41-16-8-10-18-43(41)47/h1-29H. The molecule has 0 fully saturated rings. The maximum absolute atomic E-state index is 9.32. The number of allylic oxidation sites excluding steroid dienone is 1. The van der Waals surface area contributed by atoms with E-state index in [9.17, 15) is 10.5 Å². The fraction of sp³-hybridized carbons (Fsp3) is 0.0213. The molecular formula is C47H29N3O. The van der Waals surface area contributed by atoms with E-state index in [0.717, 1.165) is 39.3 Å². The maximum Gasteiger partial charge on any atom is 0.134 e. The molecule has 1 heterocycles. The van der Waals surface area contributed by atoms with Crippen molar-refractivity contribution in [3.63, 3.8) is 0 Å². The first kappa shape index (κ1) is 30.0. The van der Waals surface area contributed by atoms with Crippen molar-refractivity contribution in [1.82, 2.24) is 0 Å². The number of hydrogen-bond acceptors (Lipinski definition) is 4. The zero-order chi connectivity index (χ0) is 34.4. The lowest BCUT2D eigenvalue weighted by atomic mass is 9.65. The second kappa shape index (κ2) is 12.1. The van der Waals surface area contributed by atoms with Crippen molar-refractivity contribution < 1.29 is 4.42 Å². The quantitative estimate of drug-likeness (QED) is 0.174. The van der Waals surface area contributed by atoms with Gasteiger partial charge in [-0.15, -0.1) is 0 Å². The highest BCUT2D eigenvalue weighted by Crippen LogP contribution is 2.59. The number of benzene rings is 6. The third-order valence-corrected chi connectivity index (χ3v) is 10.0. The fourth-order valence-corrected chi connectivity index (χ4v) is 7.89. The minimum Gasteiger partial charge on any atom is -0.457 e. The van der Waals surface area contributed by atoms with E-state index in [1.165, 1.54) is 33.9 Å². The number of nitriles is 2. The molecular weight excluding hydrogens is 623 g/mol. The van der Waals surface area contributed by atoms with Gasteiger partial charge in [0, 0.05) is 28.7 Å². The van der Waals surface area contributed by atoms with Gasteiger partial charge in [0.1, 0.15) is 29.2 Å². The van der Waals surface area contributed by atoms with Crippen LogP contribution in [-0.4, -0.2) is 0 Å². The number of nitrogens with zero attached hydrogens (tertiary/aromatic N) is 3. The highest BCUT2D eigenvalue weighted by Gasteiger charge is 2.48. The predicted octanol–water partition coefficient (Wildman–Crippen LogP) is 11.7. The summed E-state index contributed by atoms with van der Waals surface area (Å²) in [4.78, 5) is 2.32. The van der Waals surface area contributed by atoms with Gasteiger partial charge in [-0.25, -0.2) is 0 Å². The van der Waals surface area contributed by atoms with Crippen LogP contribution in [0.25, 0.3) is 40.7 Å². The van der Waals surface area contributed by atoms with Crippen LogP contribution in [0.5, 0.6) is 0 Å². The first-order valence-electron chi connectivity index (χ1n) is 16.9. The Kier molecular flexibility index (Phi) is 7.09. The Balaban J connectivity index is 1.33. The number of anilines is 3. The molecule has 0 saturated carbocycles. The topological polar surface area (TPSA) is 64.0 Å². The number of fused-ring (bicyclic) bond motifs is 9. The average molecular weight is 652 g/mol. The van der Waals surface area contributed by atoms with Crippen LogP contribution in [0.2, 0.25) is 0 Å². The van der Waals surface area contributed by atoms with E-state index in [1.54, 1.807) is 6.07 Å². The molecule has 7 aromatic rings. The Hall–Kier alpha value is -7.14. The van der Waals surface area contributed by atoms with Crippen LogP contribution in [0.1, 0.15) is 39.1 Å². The number of para-hydroxylation sites is 2. The van der Waals surface area contributed by atoms with Crippen molar-refractivity contribution >= 4 is 35.3 Å². The largest absolute Gasteiger partial charge is 0.457 e. The maximum atomic E-state index is 9.32. The Morgan fingerprint density at radius 3 is 1.69 bits per heavy atom. The van der Waals surface area contributed by atoms with Crippen LogP contribution < -0.4 is 4.90 Å². The minimum atomic E-state index is -0.656. The van der Waals surface area contributed by atoms with Gasteiger partial charge in [0.2, 0.25) is 0 Å². The van der Waals surface area contributed by atoms with E-state index in [-0.39, 0.29) is 5.57 Å². The lowest BCUT2D eigenvalue weighted by molar-refractivity contribution is 0.571. The molecule has 51 heavy (non-hydrogen) atoms. The lowest BCUT2D eigenvalue weighted by Crippen LogP contribution is -2.30. The summed E-state index contributed by atoms with van der Waals surface area (Å²) in [5.41, 5.74) is 13.0. The van der Waals surface area contributed by atoms with Gasteiger partial charge in [0.05, 0.1) is 5.41 Å². The molecule has 2 aliphatic carbocycles. The second-order valence-corrected chi connectivity index (χ2v) is 12.7. The Morgan fingerprint density at radius 1 is 0.529 bits per heavy atom. The molecule has 238 valence electrons. The smallest absolute Gasteiger partial charge is 0.134 e. The number of rotatable bonds is 5. The molecule has 0 N–H and O–H groups in total. The minimum absolute atomic E-state index is 0.00597. The highest BCUT2D eigenvalue weighted by atomic mass is 16.3. The molecule has 0 atom stereocenters. The molecule has 4 heteroatoms. The Morgan fingerprint density at radius 2 is 1.08 bits per heavy atom. The summed E-state index contributed by atoms with van der Waals surface area (Å²) in [5, 5.41) is 18.6. The van der Waals surface area contributed by atoms with Gasteiger partial charge in [-0.05, 0) is 99.1 Å². The summed E-state index contributed by atoms with van der Waals surface area (Å²) in [5.74, 6) is 1.12. The summed E-state index contributed by atoms with van der Waals surface area (Å²) in [7, 11) is 0. The van der Waals surface area contributed by atoms with Gasteiger partial charge in [-0.1, -0.05) is 115 Å². The second-order valence-electron chi connectivity index (χ2n) is 12.7. The van der Waals surface area contributed by atoms with Crippen LogP contribution >= 0.6 is 0 Å². The molecule has 6 aromatic carbocycles. The Bertz CT molecular complexity index is 2510. The SMILES string of the molecule is N#CC(C#N)=Cc1ccc(-c2ccc3c(c2)C2(c4cc(N(c5ccccc5)c5ccccc5)ccc4C=C3)c3ccccc3-c3ccccc32)o1. The fourth-order valence-electron chi connectivity index (χ4n) is 7.89. The van der Waals surface area contributed by atoms with Gasteiger partial charge in [-0.3, -0.25) is 0 Å². The van der Waals surface area contributed by atoms with Gasteiger partial charge < -0.3 is 9.32 Å². The van der Waals surface area contributed by atoms with Crippen molar-refractivity contribution in [2.75, 3.05) is 4.90 Å². The lowest BCUT2D eigenvalue weighted by Gasteiger charge is -2.36. The number of hydrogen-bond donors (Lipinski definition) is 0. The molecule has 0 amide bonds. The molecule has 0 saturated heterocycles. The highest BCUT2D eigenvalue weighted by molar-refractivity contribution is 5.93. The first-order valence-corrected chi connectivity index (χ1v) is 16.9. The van der Waals surface area contributed by atoms with Crippen molar-refractivity contribution in [1.29, 1.82) is 10.5 Å². The normalized spacial score (nSPS) is 12.7. The van der Waals surface area contributed by atoms with Crippen LogP contribution in [0.3, 0.4) is 0 Å². The molecule has 1 aromatic heterocycles. The third kappa shape index (κ3) is 4.74. The van der Waals surface area contributed by atoms with Crippen LogP contribution in [0, 0.1) is 22.7 Å². The summed E-state index contributed by atoms with van der Waals surface area (Å²) in [6, 6.07) is 59.5. The van der Waals surface area contributed by atoms with Crippen molar-refractivity contribution in [2.24, 2.45) is 0 Å².